The maximum atomic E-state index is 10.6. The fourth-order valence-corrected chi connectivity index (χ4v) is 5.19. The molecule has 2 aromatic carbocycles. The number of nitrogens with zero attached hydrogens (tertiary/aromatic N) is 3. The van der Waals surface area contributed by atoms with E-state index < -0.39 is 0 Å². The molecule has 3 aromatic rings. The quantitative estimate of drug-likeness (QED) is 0.236. The van der Waals surface area contributed by atoms with Gasteiger partial charge in [-0.2, -0.15) is 0 Å². The molecule has 4 rings (SSSR count). The number of fused-ring (bicyclic) bond motifs is 1. The number of unbranched alkanes of at least 4 members (excludes halogenated alkanes) is 1. The van der Waals surface area contributed by atoms with E-state index in [1.54, 1.807) is 0 Å². The number of hydrogen-bond donors (Lipinski definition) is 0. The zero-order valence-corrected chi connectivity index (χ0v) is 20.4. The first-order valence-electron chi connectivity index (χ1n) is 11.7. The molecule has 1 aliphatic heterocycles. The average molecular weight is 464 g/mol. The molecule has 6 heteroatoms. The molecule has 0 aliphatic carbocycles. The summed E-state index contributed by atoms with van der Waals surface area (Å²) in [5.41, 5.74) is 3.43. The van der Waals surface area contributed by atoms with Crippen molar-refractivity contribution in [2.75, 3.05) is 63.2 Å². The molecule has 0 spiro atoms. The predicted molar refractivity (Wildman–Crippen MR) is 141 cm³/mol. The van der Waals surface area contributed by atoms with Crippen LogP contribution in [-0.2, 0) is 4.79 Å². The van der Waals surface area contributed by atoms with E-state index in [1.807, 2.05) is 54.6 Å². The molecule has 0 amide bonds. The summed E-state index contributed by atoms with van der Waals surface area (Å²) in [4.78, 5) is 17.8. The molecule has 1 aliphatic rings. The lowest BCUT2D eigenvalue weighted by atomic mass is 10.1. The molecule has 2 heterocycles. The van der Waals surface area contributed by atoms with Crippen LogP contribution in [0.4, 0.5) is 11.4 Å². The summed E-state index contributed by atoms with van der Waals surface area (Å²) in [5, 5.41) is 3.57. The van der Waals surface area contributed by atoms with Crippen LogP contribution in [0.3, 0.4) is 0 Å². The number of carbonyl (C=O) groups is 1. The highest BCUT2D eigenvalue weighted by Crippen LogP contribution is 2.31. The molecule has 0 radical (unpaired) electrons. The third kappa shape index (κ3) is 5.95. The SMILES string of the molecule is CN(C)c1cc(OCCCCN2CCN(c3cccc4sccc34)CC2)ccc1/C=C\C=O. The van der Waals surface area contributed by atoms with Gasteiger partial charge in [0, 0.05) is 67.8 Å². The minimum atomic E-state index is 0.719. The average Bonchev–Trinajstić information content (AvgIpc) is 3.32. The number of anilines is 2. The van der Waals surface area contributed by atoms with Crippen LogP contribution in [0.25, 0.3) is 16.2 Å². The summed E-state index contributed by atoms with van der Waals surface area (Å²) in [6.45, 7) is 6.24. The second-order valence-electron chi connectivity index (χ2n) is 8.60. The van der Waals surface area contributed by atoms with Crippen LogP contribution in [0, 0.1) is 0 Å². The van der Waals surface area contributed by atoms with E-state index in [0.717, 1.165) is 75.5 Å². The van der Waals surface area contributed by atoms with Crippen molar-refractivity contribution >= 4 is 45.2 Å². The molecule has 0 unspecified atom stereocenters. The smallest absolute Gasteiger partial charge is 0.142 e. The zero-order valence-electron chi connectivity index (χ0n) is 19.6. The molecule has 1 saturated heterocycles. The molecule has 0 N–H and O–H groups in total. The van der Waals surface area contributed by atoms with Crippen molar-refractivity contribution in [2.45, 2.75) is 12.8 Å². The van der Waals surface area contributed by atoms with E-state index in [4.69, 9.17) is 4.74 Å². The lowest BCUT2D eigenvalue weighted by Crippen LogP contribution is -2.46. The van der Waals surface area contributed by atoms with Crippen molar-refractivity contribution in [2.24, 2.45) is 0 Å². The third-order valence-electron chi connectivity index (χ3n) is 6.16. The lowest BCUT2D eigenvalue weighted by molar-refractivity contribution is -0.104. The van der Waals surface area contributed by atoms with E-state index in [9.17, 15) is 4.79 Å². The summed E-state index contributed by atoms with van der Waals surface area (Å²) >= 11 is 1.82. The van der Waals surface area contributed by atoms with Crippen molar-refractivity contribution in [1.82, 2.24) is 4.90 Å². The van der Waals surface area contributed by atoms with E-state index in [2.05, 4.69) is 39.4 Å². The number of aldehydes is 1. The summed E-state index contributed by atoms with van der Waals surface area (Å²) in [6.07, 6.45) is 6.32. The van der Waals surface area contributed by atoms with Crippen LogP contribution in [0.5, 0.6) is 5.75 Å². The van der Waals surface area contributed by atoms with Gasteiger partial charge in [-0.05, 0) is 72.8 Å². The summed E-state index contributed by atoms with van der Waals surface area (Å²) in [5.74, 6) is 0.873. The molecule has 5 nitrogen and oxygen atoms in total. The number of ether oxygens (including phenoxy) is 1. The predicted octanol–water partition coefficient (Wildman–Crippen LogP) is 5.16. The summed E-state index contributed by atoms with van der Waals surface area (Å²) in [7, 11) is 4.00. The Morgan fingerprint density at radius 1 is 1.06 bits per heavy atom. The summed E-state index contributed by atoms with van der Waals surface area (Å²) < 4.78 is 7.38. The Balaban J connectivity index is 1.19. The number of benzene rings is 2. The van der Waals surface area contributed by atoms with E-state index in [1.165, 1.54) is 21.8 Å². The molecule has 174 valence electrons. The molecule has 1 aromatic heterocycles. The van der Waals surface area contributed by atoms with Gasteiger partial charge in [-0.3, -0.25) is 9.69 Å². The minimum absolute atomic E-state index is 0.719. The maximum Gasteiger partial charge on any atom is 0.142 e. The van der Waals surface area contributed by atoms with Gasteiger partial charge in [-0.25, -0.2) is 0 Å². The Bertz CT molecular complexity index is 1080. The first kappa shape index (κ1) is 23.3. The number of carbonyl (C=O) groups excluding carboxylic acids is 1. The van der Waals surface area contributed by atoms with Gasteiger partial charge in [0.25, 0.3) is 0 Å². The number of piperazine rings is 1. The fourth-order valence-electron chi connectivity index (χ4n) is 4.38. The number of thiophene rings is 1. The van der Waals surface area contributed by atoms with Crippen molar-refractivity contribution in [1.29, 1.82) is 0 Å². The molecule has 0 bridgehead atoms. The van der Waals surface area contributed by atoms with Crippen LogP contribution in [0.15, 0.2) is 53.9 Å². The van der Waals surface area contributed by atoms with Crippen LogP contribution < -0.4 is 14.5 Å². The van der Waals surface area contributed by atoms with Gasteiger partial charge < -0.3 is 14.5 Å². The first-order chi connectivity index (χ1) is 16.2. The van der Waals surface area contributed by atoms with Gasteiger partial charge in [0.15, 0.2) is 0 Å². The van der Waals surface area contributed by atoms with Gasteiger partial charge in [0.1, 0.15) is 12.0 Å². The molecular weight excluding hydrogens is 430 g/mol. The van der Waals surface area contributed by atoms with Gasteiger partial charge in [0.05, 0.1) is 6.61 Å². The summed E-state index contributed by atoms with van der Waals surface area (Å²) in [6, 6.07) is 14.9. The van der Waals surface area contributed by atoms with E-state index in [0.29, 0.717) is 0 Å². The largest absolute Gasteiger partial charge is 0.494 e. The first-order valence-corrected chi connectivity index (χ1v) is 12.5. The van der Waals surface area contributed by atoms with Crippen LogP contribution >= 0.6 is 11.3 Å². The normalized spacial score (nSPS) is 14.8. The van der Waals surface area contributed by atoms with Crippen LogP contribution in [0.2, 0.25) is 0 Å². The second-order valence-corrected chi connectivity index (χ2v) is 9.55. The molecular formula is C27H33N3O2S. The van der Waals surface area contributed by atoms with Crippen LogP contribution in [-0.4, -0.2) is 64.6 Å². The van der Waals surface area contributed by atoms with Gasteiger partial charge in [0.2, 0.25) is 0 Å². The highest BCUT2D eigenvalue weighted by atomic mass is 32.1. The molecule has 33 heavy (non-hydrogen) atoms. The second kappa shape index (κ2) is 11.3. The van der Waals surface area contributed by atoms with E-state index in [-0.39, 0.29) is 0 Å². The standard InChI is InChI=1S/C27H33N3O2S/c1-28(2)26-21-23(11-10-22(26)7-6-18-31)32-19-4-3-13-29-14-16-30(17-15-29)25-8-5-9-27-24(25)12-20-33-27/h5-12,18,20-21H,3-4,13-17,19H2,1-2H3/b7-6-. The van der Waals surface area contributed by atoms with Gasteiger partial charge in [-0.1, -0.05) is 6.07 Å². The lowest BCUT2D eigenvalue weighted by Gasteiger charge is -2.36. The Morgan fingerprint density at radius 3 is 2.70 bits per heavy atom. The van der Waals surface area contributed by atoms with Gasteiger partial charge >= 0.3 is 0 Å². The molecule has 1 fully saturated rings. The minimum Gasteiger partial charge on any atom is -0.494 e. The van der Waals surface area contributed by atoms with Crippen molar-refractivity contribution in [3.05, 3.63) is 59.5 Å². The maximum absolute atomic E-state index is 10.6. The Kier molecular flexibility index (Phi) is 8.02. The fraction of sp³-hybridized carbons (Fsp3) is 0.370. The number of allylic oxidation sites excluding steroid dienone is 1. The van der Waals surface area contributed by atoms with Gasteiger partial charge in [-0.15, -0.1) is 11.3 Å². The third-order valence-corrected chi connectivity index (χ3v) is 7.04. The van der Waals surface area contributed by atoms with E-state index >= 15 is 0 Å². The van der Waals surface area contributed by atoms with Crippen molar-refractivity contribution < 1.29 is 9.53 Å². The highest BCUT2D eigenvalue weighted by Gasteiger charge is 2.18. The van der Waals surface area contributed by atoms with Crippen molar-refractivity contribution in [3.8, 4) is 5.75 Å². The zero-order chi connectivity index (χ0) is 23.0. The highest BCUT2D eigenvalue weighted by molar-refractivity contribution is 7.17. The topological polar surface area (TPSA) is 36.0 Å². The Labute approximate surface area is 200 Å². The molecule has 0 saturated carbocycles. The molecule has 0 atom stereocenters. The van der Waals surface area contributed by atoms with Crippen molar-refractivity contribution in [3.63, 3.8) is 0 Å². The Morgan fingerprint density at radius 2 is 1.91 bits per heavy atom. The number of hydrogen-bond acceptors (Lipinski definition) is 6. The number of rotatable bonds is 10. The monoisotopic (exact) mass is 463 g/mol. The van der Waals surface area contributed by atoms with Crippen LogP contribution in [0.1, 0.15) is 18.4 Å². The Hall–Kier alpha value is -2.83.